The van der Waals surface area contributed by atoms with Gasteiger partial charge in [0.05, 0.1) is 23.5 Å². The van der Waals surface area contributed by atoms with Gasteiger partial charge < -0.3 is 20.7 Å². The summed E-state index contributed by atoms with van der Waals surface area (Å²) in [6.45, 7) is 0.0497. The molecular weight excluding hydrogens is 398 g/mol. The minimum atomic E-state index is -0.674. The monoisotopic (exact) mass is 417 g/mol. The topological polar surface area (TPSA) is 166 Å². The minimum Gasteiger partial charge on any atom is -0.490 e. The molecule has 0 bridgehead atoms. The van der Waals surface area contributed by atoms with E-state index in [1.807, 2.05) is 0 Å². The number of nitrogens with zero attached hydrogens (tertiary/aromatic N) is 2. The molecule has 12 nitrogen and oxygen atoms in total. The van der Waals surface area contributed by atoms with Gasteiger partial charge in [-0.05, 0) is 18.2 Å². The SMILES string of the molecule is COc1ccc(C(=O)NCC(=O)NCCNc2ccccc2[N+](=O)[O-])cc1[N+](=O)[O-]. The molecule has 0 saturated heterocycles. The number of nitro benzene ring substituents is 2. The van der Waals surface area contributed by atoms with Gasteiger partial charge in [0, 0.05) is 30.8 Å². The normalized spacial score (nSPS) is 10.0. The van der Waals surface area contributed by atoms with E-state index in [1.165, 1.54) is 25.3 Å². The molecule has 0 aliphatic carbocycles. The number of carbonyl (C=O) groups is 2. The van der Waals surface area contributed by atoms with Gasteiger partial charge >= 0.3 is 5.69 Å². The summed E-state index contributed by atoms with van der Waals surface area (Å²) in [4.78, 5) is 44.7. The highest BCUT2D eigenvalue weighted by Crippen LogP contribution is 2.27. The van der Waals surface area contributed by atoms with Crippen LogP contribution >= 0.6 is 0 Å². The molecule has 0 aliphatic heterocycles. The maximum atomic E-state index is 12.1. The van der Waals surface area contributed by atoms with Crippen molar-refractivity contribution in [2.24, 2.45) is 0 Å². The molecule has 2 rings (SSSR count). The zero-order valence-corrected chi connectivity index (χ0v) is 15.9. The molecular formula is C18H19N5O7. The summed E-state index contributed by atoms with van der Waals surface area (Å²) >= 11 is 0. The second-order valence-electron chi connectivity index (χ2n) is 5.88. The zero-order chi connectivity index (χ0) is 22.1. The molecule has 3 N–H and O–H groups in total. The molecule has 0 unspecified atom stereocenters. The van der Waals surface area contributed by atoms with E-state index in [-0.39, 0.29) is 42.3 Å². The van der Waals surface area contributed by atoms with Crippen molar-refractivity contribution in [2.75, 3.05) is 32.1 Å². The lowest BCUT2D eigenvalue weighted by Crippen LogP contribution is -2.38. The Morgan fingerprint density at radius 3 is 2.33 bits per heavy atom. The van der Waals surface area contributed by atoms with Crippen LogP contribution in [0.15, 0.2) is 42.5 Å². The summed E-state index contributed by atoms with van der Waals surface area (Å²) in [5.74, 6) is -1.13. The fraction of sp³-hybridized carbons (Fsp3) is 0.222. The lowest BCUT2D eigenvalue weighted by Gasteiger charge is -2.09. The second kappa shape index (κ2) is 10.4. The van der Waals surface area contributed by atoms with Crippen LogP contribution in [0.1, 0.15) is 10.4 Å². The first-order valence-corrected chi connectivity index (χ1v) is 8.68. The quantitative estimate of drug-likeness (QED) is 0.297. The number of benzene rings is 2. The number of nitrogens with one attached hydrogen (secondary N) is 3. The molecule has 0 aromatic heterocycles. The zero-order valence-electron chi connectivity index (χ0n) is 15.9. The van der Waals surface area contributed by atoms with E-state index in [0.717, 1.165) is 6.07 Å². The standard InChI is InChI=1S/C18H19N5O7/c1-30-16-7-6-12(10-15(16)23(28)29)18(25)21-11-17(24)20-9-8-19-13-4-2-3-5-14(13)22(26)27/h2-7,10,19H,8-9,11H2,1H3,(H,20,24)(H,21,25). The van der Waals surface area contributed by atoms with E-state index < -0.39 is 21.7 Å². The molecule has 30 heavy (non-hydrogen) atoms. The van der Waals surface area contributed by atoms with Crippen LogP contribution in [0.25, 0.3) is 0 Å². The van der Waals surface area contributed by atoms with Crippen LogP contribution in [0, 0.1) is 20.2 Å². The Labute approximate surface area is 170 Å². The molecule has 0 spiro atoms. The van der Waals surface area contributed by atoms with Gasteiger partial charge in [0.25, 0.3) is 11.6 Å². The third-order valence-corrected chi connectivity index (χ3v) is 3.91. The van der Waals surface area contributed by atoms with Gasteiger partial charge in [0.15, 0.2) is 5.75 Å². The number of anilines is 1. The molecule has 0 radical (unpaired) electrons. The number of hydrogen-bond donors (Lipinski definition) is 3. The van der Waals surface area contributed by atoms with Crippen LogP contribution in [0.3, 0.4) is 0 Å². The molecule has 12 heteroatoms. The molecule has 2 amide bonds. The fourth-order valence-electron chi connectivity index (χ4n) is 2.48. The highest BCUT2D eigenvalue weighted by Gasteiger charge is 2.18. The highest BCUT2D eigenvalue weighted by molar-refractivity contribution is 5.97. The van der Waals surface area contributed by atoms with E-state index in [4.69, 9.17) is 4.74 Å². The molecule has 0 fully saturated rings. The van der Waals surface area contributed by atoms with Crippen molar-refractivity contribution >= 4 is 28.9 Å². The lowest BCUT2D eigenvalue weighted by molar-refractivity contribution is -0.385. The van der Waals surface area contributed by atoms with Crippen LogP contribution in [0.5, 0.6) is 5.75 Å². The van der Waals surface area contributed by atoms with Crippen LogP contribution < -0.4 is 20.7 Å². The number of amides is 2. The van der Waals surface area contributed by atoms with Crippen molar-refractivity contribution in [3.05, 3.63) is 68.3 Å². The Morgan fingerprint density at radius 2 is 1.67 bits per heavy atom. The Hall–Kier alpha value is -4.22. The first-order valence-electron chi connectivity index (χ1n) is 8.68. The number of ether oxygens (including phenoxy) is 1. The lowest BCUT2D eigenvalue weighted by atomic mass is 10.1. The van der Waals surface area contributed by atoms with Gasteiger partial charge in [-0.25, -0.2) is 0 Å². The largest absolute Gasteiger partial charge is 0.490 e. The predicted octanol–water partition coefficient (Wildman–Crippen LogP) is 1.47. The van der Waals surface area contributed by atoms with Crippen molar-refractivity contribution in [1.82, 2.24) is 10.6 Å². The van der Waals surface area contributed by atoms with Gasteiger partial charge in [-0.1, -0.05) is 12.1 Å². The molecule has 0 heterocycles. The number of rotatable bonds is 10. The Balaban J connectivity index is 1.80. The number of hydrogen-bond acceptors (Lipinski definition) is 8. The molecule has 158 valence electrons. The Kier molecular flexibility index (Phi) is 7.62. The smallest absolute Gasteiger partial charge is 0.311 e. The van der Waals surface area contributed by atoms with Crippen LogP contribution in [-0.4, -0.2) is 48.4 Å². The third kappa shape index (κ3) is 5.89. The van der Waals surface area contributed by atoms with E-state index in [2.05, 4.69) is 16.0 Å². The van der Waals surface area contributed by atoms with Crippen LogP contribution in [0.4, 0.5) is 17.1 Å². The van der Waals surface area contributed by atoms with Gasteiger partial charge in [-0.2, -0.15) is 0 Å². The summed E-state index contributed by atoms with van der Waals surface area (Å²) < 4.78 is 4.87. The summed E-state index contributed by atoms with van der Waals surface area (Å²) in [5.41, 5.74) is -0.111. The molecule has 0 aliphatic rings. The summed E-state index contributed by atoms with van der Waals surface area (Å²) in [6.07, 6.45) is 0. The van der Waals surface area contributed by atoms with Crippen molar-refractivity contribution < 1.29 is 24.2 Å². The molecule has 0 atom stereocenters. The van der Waals surface area contributed by atoms with Crippen molar-refractivity contribution in [1.29, 1.82) is 0 Å². The summed E-state index contributed by atoms with van der Waals surface area (Å²) in [7, 11) is 1.28. The van der Waals surface area contributed by atoms with Gasteiger partial charge in [-0.15, -0.1) is 0 Å². The van der Waals surface area contributed by atoms with Gasteiger partial charge in [0.1, 0.15) is 5.69 Å². The molecule has 2 aromatic carbocycles. The van der Waals surface area contributed by atoms with E-state index >= 15 is 0 Å². The highest BCUT2D eigenvalue weighted by atomic mass is 16.6. The number of para-hydroxylation sites is 2. The maximum Gasteiger partial charge on any atom is 0.311 e. The third-order valence-electron chi connectivity index (χ3n) is 3.91. The van der Waals surface area contributed by atoms with E-state index in [1.54, 1.807) is 18.2 Å². The van der Waals surface area contributed by atoms with Crippen molar-refractivity contribution in [2.45, 2.75) is 0 Å². The summed E-state index contributed by atoms with van der Waals surface area (Å²) in [5, 5.41) is 29.7. The summed E-state index contributed by atoms with van der Waals surface area (Å²) in [6, 6.07) is 9.80. The maximum absolute atomic E-state index is 12.1. The average molecular weight is 417 g/mol. The minimum absolute atomic E-state index is 0.00773. The molecule has 2 aromatic rings. The number of carbonyl (C=O) groups excluding carboxylic acids is 2. The first kappa shape index (κ1) is 22.1. The average Bonchev–Trinajstić information content (AvgIpc) is 2.74. The van der Waals surface area contributed by atoms with Crippen LogP contribution in [-0.2, 0) is 4.79 Å². The Morgan fingerprint density at radius 1 is 0.967 bits per heavy atom. The first-order chi connectivity index (χ1) is 14.3. The van der Waals surface area contributed by atoms with E-state index in [0.29, 0.717) is 5.69 Å². The van der Waals surface area contributed by atoms with Crippen LogP contribution in [0.2, 0.25) is 0 Å². The van der Waals surface area contributed by atoms with Gasteiger partial charge in [-0.3, -0.25) is 29.8 Å². The number of methoxy groups -OCH3 is 1. The Bertz CT molecular complexity index is 964. The fourth-order valence-corrected chi connectivity index (χ4v) is 2.48. The van der Waals surface area contributed by atoms with E-state index in [9.17, 15) is 29.8 Å². The molecule has 0 saturated carbocycles. The van der Waals surface area contributed by atoms with Crippen molar-refractivity contribution in [3.8, 4) is 5.75 Å². The number of nitro groups is 2. The second-order valence-corrected chi connectivity index (χ2v) is 5.88. The van der Waals surface area contributed by atoms with Gasteiger partial charge in [0.2, 0.25) is 5.91 Å². The predicted molar refractivity (Wildman–Crippen MR) is 107 cm³/mol. The van der Waals surface area contributed by atoms with Crippen molar-refractivity contribution in [3.63, 3.8) is 0 Å².